The van der Waals surface area contributed by atoms with Gasteiger partial charge in [-0.2, -0.15) is 0 Å². The van der Waals surface area contributed by atoms with Crippen LogP contribution in [-0.4, -0.2) is 0 Å². The van der Waals surface area contributed by atoms with Crippen molar-refractivity contribution in [2.75, 3.05) is 0 Å². The second-order valence-electron chi connectivity index (χ2n) is 0. The molecule has 0 bridgehead atoms. The van der Waals surface area contributed by atoms with Crippen LogP contribution >= 0.6 is 0 Å². The second kappa shape index (κ2) is 69.9. The molecule has 0 N–H and O–H groups in total. The van der Waals surface area contributed by atoms with Gasteiger partial charge < -0.3 is 0 Å². The molecule has 40 valence electrons. The van der Waals surface area contributed by atoms with E-state index in [-0.39, 0.29) is 39.8 Å². The van der Waals surface area contributed by atoms with Crippen molar-refractivity contribution in [3.63, 3.8) is 0 Å². The molecule has 0 saturated heterocycles. The molecule has 0 aliphatic carbocycles. The topological polar surface area (TPSA) is 51.2 Å². The summed E-state index contributed by atoms with van der Waals surface area (Å²) >= 11 is 4.68. The van der Waals surface area contributed by atoms with Crippen LogP contribution < -0.4 is 0 Å². The first-order valence-corrected chi connectivity index (χ1v) is 2.63. The van der Waals surface area contributed by atoms with E-state index in [0.29, 0.717) is 0 Å². The van der Waals surface area contributed by atoms with Gasteiger partial charge in [0.05, 0.1) is 0 Å². The molecule has 0 saturated carbocycles. The third-order valence-electron chi connectivity index (χ3n) is 0. The third kappa shape index (κ3) is 40.9. The van der Waals surface area contributed by atoms with Crippen LogP contribution in [-0.2, 0) is 40.5 Å². The zero-order valence-electron chi connectivity index (χ0n) is 2.40. The second-order valence-corrected chi connectivity index (χ2v) is 0. The summed E-state index contributed by atoms with van der Waals surface area (Å²) in [6.45, 7) is 0. The van der Waals surface area contributed by atoms with Crippen LogP contribution in [0.4, 0.5) is 0 Å². The summed E-state index contributed by atoms with van der Waals surface area (Å²) in [5.74, 6) is 0. The molecule has 0 unspecified atom stereocenters. The first kappa shape index (κ1) is 15.7. The molecule has 0 aromatic heterocycles. The van der Waals surface area contributed by atoms with E-state index in [0.717, 1.165) is 0 Å². The van der Waals surface area contributed by atoms with Crippen molar-refractivity contribution in [3.05, 3.63) is 0 Å². The van der Waals surface area contributed by atoms with Crippen LogP contribution in [0.15, 0.2) is 0 Å². The van der Waals surface area contributed by atoms with E-state index in [1.54, 1.807) is 15.9 Å². The Balaban J connectivity index is -0.0000000225. The molecule has 0 rings (SSSR count). The molecule has 6 heteroatoms. The van der Waals surface area contributed by atoms with E-state index in [1.165, 1.54) is 0 Å². The van der Waals surface area contributed by atoms with Crippen LogP contribution in [0, 0.1) is 39.8 Å². The molecule has 0 heterocycles. The summed E-state index contributed by atoms with van der Waals surface area (Å²) in [5.41, 5.74) is 0. The molecule has 0 aliphatic rings. The Morgan fingerprint density at radius 1 is 1.17 bits per heavy atom. The van der Waals surface area contributed by atoms with E-state index in [2.05, 4.69) is 15.9 Å². The predicted molar refractivity (Wildman–Crippen MR) is 2.06 cm³/mol. The van der Waals surface area contributed by atoms with Gasteiger partial charge in [0.1, 0.15) is 0 Å². The number of rotatable bonds is 0. The fourth-order valence-electron chi connectivity index (χ4n) is 0. The Labute approximate surface area is 78.8 Å². The Hall–Kier alpha value is 1.82. The average Bonchev–Trinajstić information content (AvgIpc) is 1.81. The molecule has 0 aromatic rings. The van der Waals surface area contributed by atoms with Crippen molar-refractivity contribution in [3.8, 4) is 0 Å². The van der Waals surface area contributed by atoms with E-state index in [1.807, 2.05) is 0 Å². The molecule has 0 aliphatic heterocycles. The molecule has 0 atom stereocenters. The minimum absolute atomic E-state index is 0.0556. The van der Waals surface area contributed by atoms with E-state index < -0.39 is 0 Å². The monoisotopic (exact) mass is 306 g/mol. The molecule has 0 amide bonds. The summed E-state index contributed by atoms with van der Waals surface area (Å²) in [5, 5.41) is 0. The standard InChI is InChI=1S/Ce.Cu.Mn.3O. The molecular weight excluding hydrogens is 307 g/mol. The molecule has 3 nitrogen and oxygen atoms in total. The van der Waals surface area contributed by atoms with Crippen molar-refractivity contribution in [1.29, 1.82) is 0 Å². The van der Waals surface area contributed by atoms with Crippen LogP contribution in [0.5, 0.6) is 0 Å². The molecule has 6 heavy (non-hydrogen) atoms. The van der Waals surface area contributed by atoms with Crippen LogP contribution in [0.3, 0.4) is 0 Å². The van der Waals surface area contributed by atoms with Gasteiger partial charge in [-0.3, -0.25) is 0 Å². The fourth-order valence-corrected chi connectivity index (χ4v) is 0. The van der Waals surface area contributed by atoms with Gasteiger partial charge in [0.2, 0.25) is 0 Å². The first-order valence-electron chi connectivity index (χ1n) is 0.482. The van der Waals surface area contributed by atoms with Gasteiger partial charge in [-0.15, -0.1) is 0 Å². The third-order valence-corrected chi connectivity index (χ3v) is 0. The van der Waals surface area contributed by atoms with Gasteiger partial charge in [0.25, 0.3) is 0 Å². The van der Waals surface area contributed by atoms with Gasteiger partial charge in [-0.25, -0.2) is 0 Å². The van der Waals surface area contributed by atoms with Crippen LogP contribution in [0.2, 0.25) is 0 Å². The Morgan fingerprint density at radius 2 is 1.17 bits per heavy atom. The predicted octanol–water partition coefficient (Wildman–Crippen LogP) is -0.361. The molecule has 0 fully saturated rings. The Kier molecular flexibility index (Phi) is 182. The maximum atomic E-state index is 8.39. The summed E-state index contributed by atoms with van der Waals surface area (Å²) in [4.78, 5) is 0. The van der Waals surface area contributed by atoms with Gasteiger partial charge in [-0.1, -0.05) is 0 Å². The van der Waals surface area contributed by atoms with Gasteiger partial charge in [-0.05, 0) is 0 Å². The van der Waals surface area contributed by atoms with Gasteiger partial charge >= 0.3 is 80.3 Å². The fraction of sp³-hybridized carbons (Fsp3) is 0. The molecule has 0 radical (unpaired) electrons. The Bertz CT molecular complexity index is 15.5. The normalized spacial score (nSPS) is 2.17. The van der Waals surface area contributed by atoms with E-state index in [9.17, 15) is 0 Å². The van der Waals surface area contributed by atoms with Crippen molar-refractivity contribution in [2.24, 2.45) is 0 Å². The number of hydrogen-bond acceptors (Lipinski definition) is 3. The van der Waals surface area contributed by atoms with Crippen LogP contribution in [0.1, 0.15) is 0 Å². The first-order chi connectivity index (χ1) is 3.00. The molecule has 0 spiro atoms. The molecular formula is CeCuMnO3. The minimum atomic E-state index is 0.0556. The van der Waals surface area contributed by atoms with Crippen LogP contribution in [0.25, 0.3) is 0 Å². The van der Waals surface area contributed by atoms with E-state index >= 15 is 0 Å². The quantitative estimate of drug-likeness (QED) is 0.574. The van der Waals surface area contributed by atoms with Gasteiger partial charge in [0, 0.05) is 0 Å². The van der Waals surface area contributed by atoms with Gasteiger partial charge in [0.15, 0.2) is 0 Å². The van der Waals surface area contributed by atoms with Crippen molar-refractivity contribution in [1.82, 2.24) is 0 Å². The zero-order chi connectivity index (χ0) is 6.00. The summed E-state index contributed by atoms with van der Waals surface area (Å²) < 4.78 is 24.3. The van der Waals surface area contributed by atoms with Crippen molar-refractivity contribution >= 4 is 0 Å². The van der Waals surface area contributed by atoms with E-state index in [4.69, 9.17) is 8.61 Å². The maximum absolute atomic E-state index is 8.39. The van der Waals surface area contributed by atoms with Crippen molar-refractivity contribution in [2.45, 2.75) is 0 Å². The van der Waals surface area contributed by atoms with Crippen molar-refractivity contribution < 1.29 is 80.3 Å². The average molecular weight is 307 g/mol. The zero-order valence-corrected chi connectivity index (χ0v) is 7.67. The number of hydrogen-bond donors (Lipinski definition) is 0. The SMILES string of the molecule is [O]=[Ce].[O]=[Cu].[O]=[Mn]. The Morgan fingerprint density at radius 3 is 1.17 bits per heavy atom. The summed E-state index contributed by atoms with van der Waals surface area (Å²) in [7, 11) is 0. The summed E-state index contributed by atoms with van der Waals surface area (Å²) in [6, 6.07) is 0. The molecule has 0 aromatic carbocycles. The summed E-state index contributed by atoms with van der Waals surface area (Å²) in [6.07, 6.45) is 0.